The van der Waals surface area contributed by atoms with Crippen LogP contribution >= 0.6 is 12.4 Å². The fourth-order valence-electron chi connectivity index (χ4n) is 2.27. The van der Waals surface area contributed by atoms with Gasteiger partial charge in [-0.2, -0.15) is 5.10 Å². The van der Waals surface area contributed by atoms with Crippen molar-refractivity contribution >= 4 is 12.4 Å². The van der Waals surface area contributed by atoms with Crippen molar-refractivity contribution in [2.45, 2.75) is 39.3 Å². The van der Waals surface area contributed by atoms with Gasteiger partial charge in [-0.15, -0.1) is 12.4 Å². The highest BCUT2D eigenvalue weighted by Gasteiger charge is 2.19. The molecule has 0 fully saturated rings. The van der Waals surface area contributed by atoms with Crippen LogP contribution in [0.3, 0.4) is 0 Å². The first-order valence-corrected chi connectivity index (χ1v) is 7.81. The third kappa shape index (κ3) is 6.11. The van der Waals surface area contributed by atoms with Gasteiger partial charge >= 0.3 is 0 Å². The molecule has 0 amide bonds. The molecule has 7 heteroatoms. The Morgan fingerprint density at radius 1 is 1.12 bits per heavy atom. The van der Waals surface area contributed by atoms with Gasteiger partial charge < -0.3 is 14.8 Å². The SMILES string of the molecule is COCCOc1ccc(CNCc2cn[nH]c2C(C)(C)C)cn1.Cl. The minimum Gasteiger partial charge on any atom is -0.475 e. The van der Waals surface area contributed by atoms with Gasteiger partial charge in [0, 0.05) is 49.1 Å². The van der Waals surface area contributed by atoms with Crippen LogP contribution in [0.1, 0.15) is 37.6 Å². The third-order valence-corrected chi connectivity index (χ3v) is 3.45. The number of methoxy groups -OCH3 is 1. The van der Waals surface area contributed by atoms with Crippen molar-refractivity contribution in [1.82, 2.24) is 20.5 Å². The average Bonchev–Trinajstić information content (AvgIpc) is 2.98. The van der Waals surface area contributed by atoms with Gasteiger partial charge in [0.05, 0.1) is 12.8 Å². The normalized spacial score (nSPS) is 11.2. The number of rotatable bonds is 8. The van der Waals surface area contributed by atoms with Gasteiger partial charge in [0.2, 0.25) is 5.88 Å². The minimum atomic E-state index is 0. The lowest BCUT2D eigenvalue weighted by Crippen LogP contribution is -2.19. The number of H-pyrrole nitrogens is 1. The molecule has 0 aliphatic heterocycles. The van der Waals surface area contributed by atoms with E-state index >= 15 is 0 Å². The number of aromatic nitrogens is 3. The van der Waals surface area contributed by atoms with Crippen LogP contribution in [0.2, 0.25) is 0 Å². The molecule has 2 heterocycles. The van der Waals surface area contributed by atoms with E-state index in [0.29, 0.717) is 19.1 Å². The van der Waals surface area contributed by atoms with Gasteiger partial charge in [0.15, 0.2) is 0 Å². The number of hydrogen-bond acceptors (Lipinski definition) is 5. The van der Waals surface area contributed by atoms with Crippen LogP contribution in [0.15, 0.2) is 24.5 Å². The Bertz CT molecular complexity index is 593. The summed E-state index contributed by atoms with van der Waals surface area (Å²) in [6, 6.07) is 3.90. The van der Waals surface area contributed by atoms with E-state index in [0.717, 1.165) is 18.7 Å². The zero-order valence-corrected chi connectivity index (χ0v) is 15.6. The smallest absolute Gasteiger partial charge is 0.213 e. The van der Waals surface area contributed by atoms with E-state index in [1.54, 1.807) is 7.11 Å². The Labute approximate surface area is 149 Å². The average molecular weight is 355 g/mol. The van der Waals surface area contributed by atoms with E-state index in [9.17, 15) is 0 Å². The fourth-order valence-corrected chi connectivity index (χ4v) is 2.27. The van der Waals surface area contributed by atoms with Crippen molar-refractivity contribution in [2.75, 3.05) is 20.3 Å². The molecule has 2 aromatic rings. The Kier molecular flexibility index (Phi) is 8.18. The summed E-state index contributed by atoms with van der Waals surface area (Å²) in [6.07, 6.45) is 3.72. The quantitative estimate of drug-likeness (QED) is 0.713. The van der Waals surface area contributed by atoms with Gasteiger partial charge in [-0.1, -0.05) is 26.8 Å². The molecule has 24 heavy (non-hydrogen) atoms. The molecule has 0 bridgehead atoms. The lowest BCUT2D eigenvalue weighted by molar-refractivity contribution is 0.143. The van der Waals surface area contributed by atoms with E-state index in [4.69, 9.17) is 9.47 Å². The van der Waals surface area contributed by atoms with E-state index in [1.807, 2.05) is 24.5 Å². The summed E-state index contributed by atoms with van der Waals surface area (Å²) in [5.74, 6) is 0.621. The number of halogens is 1. The fraction of sp³-hybridized carbons (Fsp3) is 0.529. The molecule has 134 valence electrons. The highest BCUT2D eigenvalue weighted by molar-refractivity contribution is 5.85. The van der Waals surface area contributed by atoms with Crippen molar-refractivity contribution in [2.24, 2.45) is 0 Å². The van der Waals surface area contributed by atoms with Crippen LogP contribution in [-0.2, 0) is 23.2 Å². The number of pyridine rings is 1. The van der Waals surface area contributed by atoms with Crippen LogP contribution in [-0.4, -0.2) is 35.5 Å². The molecular formula is C17H27ClN4O2. The zero-order chi connectivity index (χ0) is 16.7. The van der Waals surface area contributed by atoms with Crippen LogP contribution in [0.5, 0.6) is 5.88 Å². The summed E-state index contributed by atoms with van der Waals surface area (Å²) >= 11 is 0. The Balaban J connectivity index is 0.00000288. The van der Waals surface area contributed by atoms with Crippen molar-refractivity contribution in [3.63, 3.8) is 0 Å². The third-order valence-electron chi connectivity index (χ3n) is 3.45. The summed E-state index contributed by atoms with van der Waals surface area (Å²) in [5, 5.41) is 10.7. The molecule has 0 saturated carbocycles. The summed E-state index contributed by atoms with van der Waals surface area (Å²) in [7, 11) is 1.65. The molecule has 6 nitrogen and oxygen atoms in total. The van der Waals surface area contributed by atoms with E-state index < -0.39 is 0 Å². The predicted octanol–water partition coefficient (Wildman–Crippen LogP) is 2.84. The summed E-state index contributed by atoms with van der Waals surface area (Å²) in [6.45, 7) is 9.13. The molecule has 0 atom stereocenters. The second-order valence-corrected chi connectivity index (χ2v) is 6.47. The van der Waals surface area contributed by atoms with Crippen LogP contribution in [0.25, 0.3) is 0 Å². The van der Waals surface area contributed by atoms with Gasteiger partial charge in [0.1, 0.15) is 6.61 Å². The lowest BCUT2D eigenvalue weighted by atomic mass is 9.89. The standard InChI is InChI=1S/C17H26N4O2.ClH/c1-17(2,3)16-14(12-20-21-16)11-18-9-13-5-6-15(19-10-13)23-8-7-22-4;/h5-6,10,12,18H,7-9,11H2,1-4H3,(H,20,21);1H. The lowest BCUT2D eigenvalue weighted by Gasteiger charge is -2.18. The van der Waals surface area contributed by atoms with Gasteiger partial charge in [0.25, 0.3) is 0 Å². The first-order chi connectivity index (χ1) is 11.0. The van der Waals surface area contributed by atoms with Crippen molar-refractivity contribution < 1.29 is 9.47 Å². The molecule has 0 aliphatic rings. The van der Waals surface area contributed by atoms with Crippen LogP contribution in [0.4, 0.5) is 0 Å². The monoisotopic (exact) mass is 354 g/mol. The first-order valence-electron chi connectivity index (χ1n) is 7.81. The second kappa shape index (κ2) is 9.61. The van der Waals surface area contributed by atoms with Gasteiger partial charge in [-0.05, 0) is 5.56 Å². The maximum absolute atomic E-state index is 5.45. The zero-order valence-electron chi connectivity index (χ0n) is 14.8. The highest BCUT2D eigenvalue weighted by Crippen LogP contribution is 2.23. The Morgan fingerprint density at radius 3 is 2.54 bits per heavy atom. The molecule has 0 spiro atoms. The Hall–Kier alpha value is -1.63. The number of aromatic amines is 1. The van der Waals surface area contributed by atoms with Crippen LogP contribution < -0.4 is 10.1 Å². The molecule has 0 aromatic carbocycles. The minimum absolute atomic E-state index is 0. The number of ether oxygens (including phenoxy) is 2. The molecule has 2 aromatic heterocycles. The highest BCUT2D eigenvalue weighted by atomic mass is 35.5. The van der Waals surface area contributed by atoms with Crippen molar-refractivity contribution in [3.05, 3.63) is 41.3 Å². The predicted molar refractivity (Wildman–Crippen MR) is 96.7 cm³/mol. The molecular weight excluding hydrogens is 328 g/mol. The summed E-state index contributed by atoms with van der Waals surface area (Å²) in [5.41, 5.74) is 3.55. The summed E-state index contributed by atoms with van der Waals surface area (Å²) in [4.78, 5) is 4.29. The van der Waals surface area contributed by atoms with E-state index in [-0.39, 0.29) is 17.8 Å². The molecule has 2 rings (SSSR count). The maximum atomic E-state index is 5.45. The van der Waals surface area contributed by atoms with Gasteiger partial charge in [-0.3, -0.25) is 5.10 Å². The first kappa shape index (κ1) is 20.4. The molecule has 2 N–H and O–H groups in total. The van der Waals surface area contributed by atoms with Crippen molar-refractivity contribution in [3.8, 4) is 5.88 Å². The molecule has 0 radical (unpaired) electrons. The van der Waals surface area contributed by atoms with E-state index in [1.165, 1.54) is 11.3 Å². The second-order valence-electron chi connectivity index (χ2n) is 6.47. The van der Waals surface area contributed by atoms with Crippen LogP contribution in [0, 0.1) is 0 Å². The topological polar surface area (TPSA) is 72.1 Å². The van der Waals surface area contributed by atoms with Crippen molar-refractivity contribution in [1.29, 1.82) is 0 Å². The number of hydrogen-bond donors (Lipinski definition) is 2. The number of nitrogens with zero attached hydrogens (tertiary/aromatic N) is 2. The number of nitrogens with one attached hydrogen (secondary N) is 2. The molecule has 0 aliphatic carbocycles. The van der Waals surface area contributed by atoms with E-state index in [2.05, 4.69) is 41.3 Å². The Morgan fingerprint density at radius 2 is 1.92 bits per heavy atom. The van der Waals surface area contributed by atoms with Gasteiger partial charge in [-0.25, -0.2) is 4.98 Å². The summed E-state index contributed by atoms with van der Waals surface area (Å²) < 4.78 is 10.4. The molecule has 0 unspecified atom stereocenters. The largest absolute Gasteiger partial charge is 0.475 e. The maximum Gasteiger partial charge on any atom is 0.213 e. The molecule has 0 saturated heterocycles.